The van der Waals surface area contributed by atoms with Gasteiger partial charge in [0.25, 0.3) is 0 Å². The molecule has 1 saturated carbocycles. The Morgan fingerprint density at radius 1 is 1.24 bits per heavy atom. The van der Waals surface area contributed by atoms with Gasteiger partial charge in [-0.25, -0.2) is 9.37 Å². The lowest BCUT2D eigenvalue weighted by molar-refractivity contribution is 0.380. The van der Waals surface area contributed by atoms with Gasteiger partial charge >= 0.3 is 0 Å². The van der Waals surface area contributed by atoms with E-state index in [1.54, 1.807) is 12.4 Å². The summed E-state index contributed by atoms with van der Waals surface area (Å²) in [4.78, 5) is 15.7. The minimum Gasteiger partial charge on any atom is -0.339 e. The molecule has 0 N–H and O–H groups in total. The van der Waals surface area contributed by atoms with Crippen molar-refractivity contribution in [3.63, 3.8) is 0 Å². The molecular formula is C17H13FN6O. The number of aromatic nitrogens is 4. The number of aliphatic imine (C=N–C) groups is 1. The Labute approximate surface area is 141 Å². The van der Waals surface area contributed by atoms with E-state index in [2.05, 4.69) is 25.0 Å². The molecule has 0 radical (unpaired) electrons. The number of fused-ring (bicyclic) bond motifs is 6. The molecule has 0 atom stereocenters. The van der Waals surface area contributed by atoms with Crippen LogP contribution in [0.3, 0.4) is 0 Å². The maximum Gasteiger partial charge on any atom is 0.230 e. The molecule has 124 valence electrons. The predicted octanol–water partition coefficient (Wildman–Crippen LogP) is 2.52. The van der Waals surface area contributed by atoms with E-state index in [1.807, 2.05) is 4.57 Å². The second-order valence-electron chi connectivity index (χ2n) is 6.54. The van der Waals surface area contributed by atoms with E-state index in [0.29, 0.717) is 29.9 Å². The summed E-state index contributed by atoms with van der Waals surface area (Å²) >= 11 is 0. The van der Waals surface area contributed by atoms with Gasteiger partial charge in [-0.3, -0.25) is 9.56 Å². The standard InChI is InChI=1S/C17H13FN6O/c18-10-3-4-12-11(7-10)15-19-5-6-23(15)17-13(20-8-24(12)17)14-21-16(25-22-14)9-1-2-9/h3-4,7-9H,1-2,5-6H2. The summed E-state index contributed by atoms with van der Waals surface area (Å²) in [6, 6.07) is 4.73. The average molecular weight is 336 g/mol. The zero-order valence-electron chi connectivity index (χ0n) is 13.2. The van der Waals surface area contributed by atoms with Crippen LogP contribution in [-0.4, -0.2) is 38.6 Å². The van der Waals surface area contributed by atoms with E-state index in [-0.39, 0.29) is 5.82 Å². The van der Waals surface area contributed by atoms with Crippen molar-refractivity contribution in [3.05, 3.63) is 41.8 Å². The topological polar surface area (TPSA) is 72.3 Å². The van der Waals surface area contributed by atoms with Gasteiger partial charge in [0.15, 0.2) is 11.5 Å². The van der Waals surface area contributed by atoms with Crippen LogP contribution in [0.2, 0.25) is 0 Å². The molecule has 1 aliphatic carbocycles. The zero-order chi connectivity index (χ0) is 16.5. The zero-order valence-corrected chi connectivity index (χ0v) is 13.2. The first-order chi connectivity index (χ1) is 12.3. The molecular weight excluding hydrogens is 323 g/mol. The summed E-state index contributed by atoms with van der Waals surface area (Å²) in [7, 11) is 0. The Morgan fingerprint density at radius 3 is 3.04 bits per heavy atom. The Kier molecular flexibility index (Phi) is 2.41. The molecule has 3 aliphatic rings. The molecule has 2 aromatic heterocycles. The van der Waals surface area contributed by atoms with Crippen LogP contribution in [0.15, 0.2) is 34.0 Å². The minimum absolute atomic E-state index is 0.274. The Balaban J connectivity index is 1.56. The van der Waals surface area contributed by atoms with E-state index in [4.69, 9.17) is 4.52 Å². The predicted molar refractivity (Wildman–Crippen MR) is 87.5 cm³/mol. The molecule has 0 saturated heterocycles. The third-order valence-electron chi connectivity index (χ3n) is 4.88. The minimum atomic E-state index is -0.274. The largest absolute Gasteiger partial charge is 0.339 e. The lowest BCUT2D eigenvalue weighted by atomic mass is 10.1. The molecule has 4 heterocycles. The average Bonchev–Trinajstić information content (AvgIpc) is 3.04. The summed E-state index contributed by atoms with van der Waals surface area (Å²) in [6.07, 6.45) is 3.93. The van der Waals surface area contributed by atoms with Gasteiger partial charge in [-0.15, -0.1) is 0 Å². The van der Waals surface area contributed by atoms with Crippen molar-refractivity contribution in [3.8, 4) is 17.2 Å². The number of halogens is 1. The van der Waals surface area contributed by atoms with E-state index in [1.165, 1.54) is 12.1 Å². The Bertz CT molecular complexity index is 1050. The highest BCUT2D eigenvalue weighted by Gasteiger charge is 2.36. The summed E-state index contributed by atoms with van der Waals surface area (Å²) in [6.45, 7) is 1.38. The molecule has 2 aliphatic heterocycles. The SMILES string of the molecule is Fc1ccc2c(c1)C1=NCCN1c1c(-c3noc(C4CC4)n3)ncn1-2. The van der Waals surface area contributed by atoms with Crippen molar-refractivity contribution in [2.45, 2.75) is 18.8 Å². The number of benzene rings is 1. The lowest BCUT2D eigenvalue weighted by Crippen LogP contribution is -2.34. The molecule has 25 heavy (non-hydrogen) atoms. The number of amidine groups is 1. The first-order valence-corrected chi connectivity index (χ1v) is 8.33. The van der Waals surface area contributed by atoms with Crippen LogP contribution >= 0.6 is 0 Å². The van der Waals surface area contributed by atoms with E-state index in [0.717, 1.165) is 42.3 Å². The quantitative estimate of drug-likeness (QED) is 0.719. The molecule has 1 fully saturated rings. The molecule has 8 heteroatoms. The molecule has 3 aromatic rings. The van der Waals surface area contributed by atoms with Gasteiger partial charge in [0, 0.05) is 18.0 Å². The fourth-order valence-corrected chi connectivity index (χ4v) is 3.54. The molecule has 1 aromatic carbocycles. The van der Waals surface area contributed by atoms with Crippen molar-refractivity contribution in [1.82, 2.24) is 19.7 Å². The van der Waals surface area contributed by atoms with Gasteiger partial charge in [0.2, 0.25) is 11.7 Å². The van der Waals surface area contributed by atoms with Crippen LogP contribution in [0, 0.1) is 5.82 Å². The summed E-state index contributed by atoms with van der Waals surface area (Å²) in [5, 5.41) is 4.12. The summed E-state index contributed by atoms with van der Waals surface area (Å²) in [5.41, 5.74) is 2.30. The van der Waals surface area contributed by atoms with Crippen LogP contribution in [0.5, 0.6) is 0 Å². The smallest absolute Gasteiger partial charge is 0.230 e. The Morgan fingerprint density at radius 2 is 2.16 bits per heavy atom. The van der Waals surface area contributed by atoms with Crippen molar-refractivity contribution < 1.29 is 8.91 Å². The van der Waals surface area contributed by atoms with Gasteiger partial charge in [-0.1, -0.05) is 5.16 Å². The second kappa shape index (κ2) is 4.53. The monoisotopic (exact) mass is 336 g/mol. The van der Waals surface area contributed by atoms with Gasteiger partial charge in [-0.05, 0) is 31.0 Å². The number of hydrogen-bond acceptors (Lipinski definition) is 6. The van der Waals surface area contributed by atoms with Crippen molar-refractivity contribution in [2.24, 2.45) is 4.99 Å². The number of hydrogen-bond donors (Lipinski definition) is 0. The third kappa shape index (κ3) is 1.79. The highest BCUT2D eigenvalue weighted by atomic mass is 19.1. The number of nitrogens with zero attached hydrogens (tertiary/aromatic N) is 6. The van der Waals surface area contributed by atoms with Crippen LogP contribution < -0.4 is 4.90 Å². The van der Waals surface area contributed by atoms with Crippen LogP contribution in [0.4, 0.5) is 10.2 Å². The first kappa shape index (κ1) is 13.3. The van der Waals surface area contributed by atoms with E-state index in [9.17, 15) is 4.39 Å². The number of imidazole rings is 1. The van der Waals surface area contributed by atoms with Crippen molar-refractivity contribution >= 4 is 11.7 Å². The molecule has 0 unspecified atom stereocenters. The molecule has 0 bridgehead atoms. The van der Waals surface area contributed by atoms with Crippen molar-refractivity contribution in [1.29, 1.82) is 0 Å². The highest BCUT2D eigenvalue weighted by molar-refractivity contribution is 6.16. The van der Waals surface area contributed by atoms with E-state index >= 15 is 0 Å². The number of rotatable bonds is 2. The third-order valence-corrected chi connectivity index (χ3v) is 4.88. The van der Waals surface area contributed by atoms with Gasteiger partial charge in [-0.2, -0.15) is 4.98 Å². The lowest BCUT2D eigenvalue weighted by Gasteiger charge is -2.29. The fraction of sp³-hybridized carbons (Fsp3) is 0.294. The summed E-state index contributed by atoms with van der Waals surface area (Å²) < 4.78 is 21.1. The first-order valence-electron chi connectivity index (χ1n) is 8.33. The maximum absolute atomic E-state index is 13.8. The van der Waals surface area contributed by atoms with Gasteiger partial charge in [0.1, 0.15) is 18.0 Å². The van der Waals surface area contributed by atoms with Crippen LogP contribution in [-0.2, 0) is 0 Å². The molecule has 0 amide bonds. The van der Waals surface area contributed by atoms with E-state index < -0.39 is 0 Å². The molecule has 0 spiro atoms. The normalized spacial score (nSPS) is 18.0. The number of anilines is 1. The maximum atomic E-state index is 13.8. The highest BCUT2D eigenvalue weighted by Crippen LogP contribution is 2.42. The van der Waals surface area contributed by atoms with Crippen molar-refractivity contribution in [2.75, 3.05) is 18.0 Å². The molecule has 7 nitrogen and oxygen atoms in total. The second-order valence-corrected chi connectivity index (χ2v) is 6.54. The van der Waals surface area contributed by atoms with Gasteiger partial charge < -0.3 is 9.42 Å². The van der Waals surface area contributed by atoms with Crippen LogP contribution in [0.25, 0.3) is 17.2 Å². The molecule has 6 rings (SSSR count). The Hall–Kier alpha value is -3.03. The van der Waals surface area contributed by atoms with Gasteiger partial charge in [0.05, 0.1) is 12.2 Å². The fourth-order valence-electron chi connectivity index (χ4n) is 3.54. The summed E-state index contributed by atoms with van der Waals surface area (Å²) in [5.74, 6) is 2.93. The van der Waals surface area contributed by atoms with Crippen LogP contribution in [0.1, 0.15) is 30.2 Å².